The molecule has 0 aliphatic carbocycles. The second-order valence-corrected chi connectivity index (χ2v) is 3.61. The quantitative estimate of drug-likeness (QED) is 0.783. The molecular weight excluding hydrogens is 246 g/mol. The fourth-order valence-corrected chi connectivity index (χ4v) is 1.39. The zero-order chi connectivity index (χ0) is 13.7. The van der Waals surface area contributed by atoms with Crippen molar-refractivity contribution in [3.63, 3.8) is 0 Å². The molecule has 0 fully saturated rings. The Balaban J connectivity index is 2.23. The van der Waals surface area contributed by atoms with Crippen LogP contribution in [-0.2, 0) is 0 Å². The van der Waals surface area contributed by atoms with Crippen LogP contribution in [0.2, 0.25) is 0 Å². The number of oxazole rings is 1. The molecule has 1 amide bonds. The van der Waals surface area contributed by atoms with Crippen LogP contribution in [0.1, 0.15) is 21.7 Å². The molecule has 0 unspecified atom stereocenters. The van der Waals surface area contributed by atoms with Crippen LogP contribution in [-0.4, -0.2) is 27.6 Å². The van der Waals surface area contributed by atoms with Crippen LogP contribution < -0.4 is 5.32 Å². The largest absolute Gasteiger partial charge is 0.432 e. The van der Waals surface area contributed by atoms with Crippen molar-refractivity contribution in [3.8, 4) is 11.8 Å². The Morgan fingerprint density at radius 1 is 1.58 bits per heavy atom. The third-order valence-electron chi connectivity index (χ3n) is 2.16. The summed E-state index contributed by atoms with van der Waals surface area (Å²) in [4.78, 5) is 19.9. The van der Waals surface area contributed by atoms with Crippen molar-refractivity contribution >= 4 is 11.9 Å². The number of carbonyl (C=O) groups excluding carboxylic acids is 1. The number of aliphatic hydroxyl groups is 1. The Labute approximate surface area is 109 Å². The number of aryl methyl sites for hydroxylation is 1. The molecule has 6 nitrogen and oxygen atoms in total. The van der Waals surface area contributed by atoms with Crippen LogP contribution in [0.3, 0.4) is 0 Å². The molecule has 2 N–H and O–H groups in total. The zero-order valence-electron chi connectivity index (χ0n) is 10.2. The van der Waals surface area contributed by atoms with Crippen molar-refractivity contribution in [3.05, 3.63) is 41.5 Å². The van der Waals surface area contributed by atoms with E-state index in [1.165, 1.54) is 12.5 Å². The van der Waals surface area contributed by atoms with Gasteiger partial charge in [0.2, 0.25) is 0 Å². The van der Waals surface area contributed by atoms with Gasteiger partial charge in [-0.15, -0.1) is 0 Å². The highest BCUT2D eigenvalue weighted by Gasteiger charge is 2.14. The van der Waals surface area contributed by atoms with E-state index >= 15 is 0 Å². The second kappa shape index (κ2) is 5.80. The number of pyridine rings is 1. The monoisotopic (exact) mass is 257 g/mol. The lowest BCUT2D eigenvalue weighted by Crippen LogP contribution is -2.15. The summed E-state index contributed by atoms with van der Waals surface area (Å²) in [6, 6.07) is 3.41. The maximum Gasteiger partial charge on any atom is 0.301 e. The Morgan fingerprint density at radius 3 is 3.11 bits per heavy atom. The van der Waals surface area contributed by atoms with E-state index in [1.807, 2.05) is 0 Å². The first-order valence-corrected chi connectivity index (χ1v) is 5.49. The van der Waals surface area contributed by atoms with Crippen molar-refractivity contribution in [2.45, 2.75) is 6.92 Å². The number of rotatable bonds is 2. The average molecular weight is 257 g/mol. The smallest absolute Gasteiger partial charge is 0.301 e. The van der Waals surface area contributed by atoms with E-state index < -0.39 is 5.91 Å². The summed E-state index contributed by atoms with van der Waals surface area (Å²) in [5.74, 6) is 4.67. The van der Waals surface area contributed by atoms with Gasteiger partial charge in [0.05, 0.1) is 11.3 Å². The number of nitrogens with zero attached hydrogens (tertiary/aromatic N) is 2. The fourth-order valence-electron chi connectivity index (χ4n) is 1.39. The first-order valence-electron chi connectivity index (χ1n) is 5.49. The van der Waals surface area contributed by atoms with Crippen molar-refractivity contribution in [2.24, 2.45) is 0 Å². The minimum Gasteiger partial charge on any atom is -0.432 e. The lowest BCUT2D eigenvalue weighted by Gasteiger charge is -2.02. The Bertz CT molecular complexity index is 652. The number of anilines is 1. The van der Waals surface area contributed by atoms with Gasteiger partial charge in [0, 0.05) is 6.20 Å². The van der Waals surface area contributed by atoms with Crippen molar-refractivity contribution < 1.29 is 14.3 Å². The number of hydrogen-bond donors (Lipinski definition) is 2. The summed E-state index contributed by atoms with van der Waals surface area (Å²) in [6.07, 6.45) is 2.92. The SMILES string of the molecule is Cc1coc(NC(=O)c2ncccc2C#CCO)n1. The van der Waals surface area contributed by atoms with E-state index in [9.17, 15) is 4.79 Å². The van der Waals surface area contributed by atoms with E-state index in [4.69, 9.17) is 9.52 Å². The first kappa shape index (κ1) is 12.8. The van der Waals surface area contributed by atoms with E-state index in [-0.39, 0.29) is 18.3 Å². The van der Waals surface area contributed by atoms with Gasteiger partial charge in [-0.2, -0.15) is 4.98 Å². The topological polar surface area (TPSA) is 88.2 Å². The molecule has 0 bridgehead atoms. The van der Waals surface area contributed by atoms with E-state index in [0.29, 0.717) is 11.3 Å². The summed E-state index contributed by atoms with van der Waals surface area (Å²) in [5.41, 5.74) is 1.24. The first-order chi connectivity index (χ1) is 9.20. The Morgan fingerprint density at radius 2 is 2.42 bits per heavy atom. The molecule has 0 aliphatic rings. The molecular formula is C13H11N3O3. The summed E-state index contributed by atoms with van der Waals surface area (Å²) >= 11 is 0. The molecule has 19 heavy (non-hydrogen) atoms. The zero-order valence-corrected chi connectivity index (χ0v) is 10.2. The van der Waals surface area contributed by atoms with Crippen LogP contribution in [0.5, 0.6) is 0 Å². The van der Waals surface area contributed by atoms with E-state index in [0.717, 1.165) is 0 Å². The normalized spacial score (nSPS) is 9.58. The highest BCUT2D eigenvalue weighted by Crippen LogP contribution is 2.10. The molecule has 0 spiro atoms. The number of hydrogen-bond acceptors (Lipinski definition) is 5. The van der Waals surface area contributed by atoms with E-state index in [2.05, 4.69) is 27.1 Å². The van der Waals surface area contributed by atoms with Gasteiger partial charge in [0.25, 0.3) is 5.91 Å². The molecule has 2 heterocycles. The number of aromatic nitrogens is 2. The maximum atomic E-state index is 12.0. The molecule has 96 valence electrons. The number of amides is 1. The highest BCUT2D eigenvalue weighted by molar-refractivity contribution is 6.03. The molecule has 2 rings (SSSR count). The van der Waals surface area contributed by atoms with Crippen molar-refractivity contribution in [1.29, 1.82) is 0 Å². The van der Waals surface area contributed by atoms with Crippen LogP contribution in [0, 0.1) is 18.8 Å². The maximum absolute atomic E-state index is 12.0. The number of carbonyl (C=O) groups is 1. The highest BCUT2D eigenvalue weighted by atomic mass is 16.4. The molecule has 0 saturated carbocycles. The molecule has 2 aromatic rings. The third-order valence-corrected chi connectivity index (χ3v) is 2.16. The molecule has 0 aromatic carbocycles. The van der Waals surface area contributed by atoms with Gasteiger partial charge in [-0.05, 0) is 19.1 Å². The number of aliphatic hydroxyl groups excluding tert-OH is 1. The summed E-state index contributed by atoms with van der Waals surface area (Å²) in [7, 11) is 0. The molecule has 0 aliphatic heterocycles. The molecule has 0 radical (unpaired) electrons. The van der Waals surface area contributed by atoms with Gasteiger partial charge in [0.15, 0.2) is 0 Å². The van der Waals surface area contributed by atoms with Crippen LogP contribution in [0.25, 0.3) is 0 Å². The molecule has 0 saturated heterocycles. The summed E-state index contributed by atoms with van der Waals surface area (Å²) < 4.78 is 5.03. The van der Waals surface area contributed by atoms with Gasteiger partial charge >= 0.3 is 6.01 Å². The van der Waals surface area contributed by atoms with Gasteiger partial charge in [-0.1, -0.05) is 11.8 Å². The molecule has 0 atom stereocenters. The molecule has 2 aromatic heterocycles. The van der Waals surface area contributed by atoms with Crippen LogP contribution >= 0.6 is 0 Å². The predicted molar refractivity (Wildman–Crippen MR) is 67.4 cm³/mol. The second-order valence-electron chi connectivity index (χ2n) is 3.61. The Hall–Kier alpha value is -2.65. The summed E-state index contributed by atoms with van der Waals surface area (Å²) in [5, 5.41) is 11.2. The minimum atomic E-state index is -0.468. The van der Waals surface area contributed by atoms with E-state index in [1.54, 1.807) is 19.1 Å². The lowest BCUT2D eigenvalue weighted by molar-refractivity contribution is 0.101. The van der Waals surface area contributed by atoms with Crippen LogP contribution in [0.4, 0.5) is 6.01 Å². The standard InChI is InChI=1S/C13H11N3O3/c1-9-8-19-13(15-9)16-12(18)11-10(5-3-7-17)4-2-6-14-11/h2,4,6,8,17H,7H2,1H3,(H,15,16,18). The van der Waals surface area contributed by atoms with Gasteiger partial charge in [-0.3, -0.25) is 10.1 Å². The van der Waals surface area contributed by atoms with Crippen molar-refractivity contribution in [1.82, 2.24) is 9.97 Å². The summed E-state index contributed by atoms with van der Waals surface area (Å²) in [6.45, 7) is 1.47. The third kappa shape index (κ3) is 3.18. The average Bonchev–Trinajstić information content (AvgIpc) is 2.82. The minimum absolute atomic E-state index is 0.106. The van der Waals surface area contributed by atoms with Gasteiger partial charge < -0.3 is 9.52 Å². The van der Waals surface area contributed by atoms with Gasteiger partial charge in [0.1, 0.15) is 18.6 Å². The predicted octanol–water partition coefficient (Wildman–Crippen LogP) is 0.974. The molecule has 6 heteroatoms. The van der Waals surface area contributed by atoms with Gasteiger partial charge in [-0.25, -0.2) is 4.98 Å². The fraction of sp³-hybridized carbons (Fsp3) is 0.154. The lowest BCUT2D eigenvalue weighted by atomic mass is 10.2. The number of nitrogens with one attached hydrogen (secondary N) is 1. The van der Waals surface area contributed by atoms with Crippen LogP contribution in [0.15, 0.2) is 29.0 Å². The Kier molecular flexibility index (Phi) is 3.90. The van der Waals surface area contributed by atoms with Crippen molar-refractivity contribution in [2.75, 3.05) is 11.9 Å².